The van der Waals surface area contributed by atoms with Crippen LogP contribution in [0.1, 0.15) is 44.2 Å². The van der Waals surface area contributed by atoms with Gasteiger partial charge in [0.15, 0.2) is 0 Å². The van der Waals surface area contributed by atoms with Crippen LogP contribution in [-0.4, -0.2) is 65.7 Å². The standard InChI is InChI=1S/C23H32N6OS/c1-23(2)12-15-16(13-30-23)21(29-10-5-6-11-29)27-22-17(15)18-19(31-22)20(26-14-25-18)24-8-7-9-28(3)4/h14H,5-13H2,1-4H3,(H,24,25,26). The highest BCUT2D eigenvalue weighted by Crippen LogP contribution is 2.44. The third-order valence-electron chi connectivity index (χ3n) is 6.29. The Labute approximate surface area is 187 Å². The summed E-state index contributed by atoms with van der Waals surface area (Å²) in [4.78, 5) is 20.2. The van der Waals surface area contributed by atoms with Gasteiger partial charge < -0.3 is 19.9 Å². The lowest BCUT2D eigenvalue weighted by atomic mass is 9.90. The number of aromatic nitrogens is 3. The third-order valence-corrected chi connectivity index (χ3v) is 7.37. The largest absolute Gasteiger partial charge is 0.370 e. The zero-order chi connectivity index (χ0) is 21.6. The second kappa shape index (κ2) is 8.15. The van der Waals surface area contributed by atoms with Crippen LogP contribution in [0.25, 0.3) is 20.4 Å². The van der Waals surface area contributed by atoms with Crippen molar-refractivity contribution >= 4 is 43.4 Å². The molecule has 166 valence electrons. The molecule has 0 saturated carbocycles. The fourth-order valence-electron chi connectivity index (χ4n) is 4.71. The van der Waals surface area contributed by atoms with Gasteiger partial charge in [0.25, 0.3) is 0 Å². The van der Waals surface area contributed by atoms with E-state index in [4.69, 9.17) is 14.7 Å². The van der Waals surface area contributed by atoms with E-state index in [-0.39, 0.29) is 5.60 Å². The molecular weight excluding hydrogens is 408 g/mol. The molecule has 1 fully saturated rings. The zero-order valence-electron chi connectivity index (χ0n) is 19.0. The second-order valence-corrected chi connectivity index (χ2v) is 10.6. The molecule has 31 heavy (non-hydrogen) atoms. The lowest BCUT2D eigenvalue weighted by molar-refractivity contribution is -0.0395. The molecule has 5 rings (SSSR count). The number of anilines is 2. The van der Waals surface area contributed by atoms with E-state index in [1.165, 1.54) is 29.4 Å². The van der Waals surface area contributed by atoms with Gasteiger partial charge in [0.1, 0.15) is 22.8 Å². The second-order valence-electron chi connectivity index (χ2n) is 9.58. The van der Waals surface area contributed by atoms with Gasteiger partial charge in [0.2, 0.25) is 0 Å². The van der Waals surface area contributed by atoms with Gasteiger partial charge >= 0.3 is 0 Å². The molecule has 3 aromatic heterocycles. The van der Waals surface area contributed by atoms with Gasteiger partial charge in [-0.15, -0.1) is 11.3 Å². The summed E-state index contributed by atoms with van der Waals surface area (Å²) >= 11 is 1.72. The van der Waals surface area contributed by atoms with Crippen LogP contribution in [0.15, 0.2) is 6.33 Å². The van der Waals surface area contributed by atoms with E-state index in [1.807, 2.05) is 0 Å². The first-order chi connectivity index (χ1) is 14.9. The Kier molecular flexibility index (Phi) is 5.48. The smallest absolute Gasteiger partial charge is 0.147 e. The molecule has 0 atom stereocenters. The van der Waals surface area contributed by atoms with Crippen LogP contribution >= 0.6 is 11.3 Å². The molecule has 7 nitrogen and oxygen atoms in total. The molecule has 2 aliphatic rings. The van der Waals surface area contributed by atoms with Crippen molar-refractivity contribution in [2.75, 3.05) is 50.5 Å². The van der Waals surface area contributed by atoms with Crippen LogP contribution in [0.5, 0.6) is 0 Å². The molecule has 3 aromatic rings. The minimum Gasteiger partial charge on any atom is -0.370 e. The third kappa shape index (κ3) is 3.97. The number of rotatable bonds is 6. The summed E-state index contributed by atoms with van der Waals surface area (Å²) in [5, 5.41) is 4.74. The fourth-order valence-corrected chi connectivity index (χ4v) is 5.83. The first kappa shape index (κ1) is 20.8. The van der Waals surface area contributed by atoms with E-state index in [1.54, 1.807) is 17.7 Å². The molecule has 0 unspecified atom stereocenters. The fraction of sp³-hybridized carbons (Fsp3) is 0.609. The van der Waals surface area contributed by atoms with Gasteiger partial charge in [-0.05, 0) is 59.3 Å². The van der Waals surface area contributed by atoms with E-state index in [9.17, 15) is 0 Å². The summed E-state index contributed by atoms with van der Waals surface area (Å²) in [6.45, 7) is 9.09. The van der Waals surface area contributed by atoms with Crippen LogP contribution in [0.3, 0.4) is 0 Å². The minimum atomic E-state index is -0.182. The maximum Gasteiger partial charge on any atom is 0.147 e. The Balaban J connectivity index is 1.62. The molecule has 0 bridgehead atoms. The maximum absolute atomic E-state index is 6.23. The Morgan fingerprint density at radius 3 is 2.77 bits per heavy atom. The number of fused-ring (bicyclic) bond motifs is 5. The van der Waals surface area contributed by atoms with Gasteiger partial charge in [0.05, 0.1) is 22.4 Å². The Bertz CT molecular complexity index is 1100. The molecule has 8 heteroatoms. The summed E-state index contributed by atoms with van der Waals surface area (Å²) < 4.78 is 7.34. The number of thiophene rings is 1. The average molecular weight is 441 g/mol. The van der Waals surface area contributed by atoms with Gasteiger partial charge in [-0.25, -0.2) is 15.0 Å². The van der Waals surface area contributed by atoms with E-state index in [0.717, 1.165) is 65.7 Å². The quantitative estimate of drug-likeness (QED) is 0.580. The van der Waals surface area contributed by atoms with Crippen LogP contribution in [0, 0.1) is 0 Å². The van der Waals surface area contributed by atoms with Gasteiger partial charge in [0, 0.05) is 37.0 Å². The number of pyridine rings is 1. The Morgan fingerprint density at radius 1 is 1.19 bits per heavy atom. The first-order valence-electron chi connectivity index (χ1n) is 11.3. The maximum atomic E-state index is 6.23. The predicted octanol–water partition coefficient (Wildman–Crippen LogP) is 4.05. The SMILES string of the molecule is CN(C)CCCNc1ncnc2c1sc1nc(N3CCCC3)c3c(c12)CC(C)(C)OC3. The molecule has 0 spiro atoms. The summed E-state index contributed by atoms with van der Waals surface area (Å²) in [6, 6.07) is 0. The zero-order valence-corrected chi connectivity index (χ0v) is 19.8. The summed E-state index contributed by atoms with van der Waals surface area (Å²) in [7, 11) is 4.21. The van der Waals surface area contributed by atoms with E-state index in [0.29, 0.717) is 6.61 Å². The average Bonchev–Trinajstić information content (AvgIpc) is 3.37. The minimum absolute atomic E-state index is 0.182. The van der Waals surface area contributed by atoms with Crippen molar-refractivity contribution in [3.8, 4) is 0 Å². The topological polar surface area (TPSA) is 66.4 Å². The van der Waals surface area contributed by atoms with Gasteiger partial charge in [-0.1, -0.05) is 0 Å². The van der Waals surface area contributed by atoms with Crippen LogP contribution in [0.4, 0.5) is 11.6 Å². The Hall–Kier alpha value is -2.03. The number of ether oxygens (including phenoxy) is 1. The van der Waals surface area contributed by atoms with Gasteiger partial charge in [-0.3, -0.25) is 0 Å². The normalized spacial score (nSPS) is 18.3. The van der Waals surface area contributed by atoms with Crippen molar-refractivity contribution < 1.29 is 4.74 Å². The number of nitrogens with one attached hydrogen (secondary N) is 1. The monoisotopic (exact) mass is 440 g/mol. The van der Waals surface area contributed by atoms with E-state index in [2.05, 4.69) is 48.0 Å². The molecule has 0 aliphatic carbocycles. The first-order valence-corrected chi connectivity index (χ1v) is 12.1. The molecule has 2 aliphatic heterocycles. The summed E-state index contributed by atoms with van der Waals surface area (Å²) in [6.07, 6.45) is 6.11. The molecule has 0 radical (unpaired) electrons. The van der Waals surface area contributed by atoms with E-state index >= 15 is 0 Å². The van der Waals surface area contributed by atoms with Crippen molar-refractivity contribution in [1.29, 1.82) is 0 Å². The molecule has 1 N–H and O–H groups in total. The number of nitrogens with zero attached hydrogens (tertiary/aromatic N) is 5. The van der Waals surface area contributed by atoms with Crippen LogP contribution < -0.4 is 10.2 Å². The summed E-state index contributed by atoms with van der Waals surface area (Å²) in [5.74, 6) is 2.05. The molecule has 1 saturated heterocycles. The predicted molar refractivity (Wildman–Crippen MR) is 128 cm³/mol. The van der Waals surface area contributed by atoms with Crippen molar-refractivity contribution in [1.82, 2.24) is 19.9 Å². The van der Waals surface area contributed by atoms with Gasteiger partial charge in [-0.2, -0.15) is 0 Å². The van der Waals surface area contributed by atoms with E-state index < -0.39 is 0 Å². The lowest BCUT2D eigenvalue weighted by Crippen LogP contribution is -2.33. The van der Waals surface area contributed by atoms with Crippen molar-refractivity contribution in [2.45, 2.75) is 51.7 Å². The molecule has 5 heterocycles. The highest BCUT2D eigenvalue weighted by atomic mass is 32.1. The number of hydrogen-bond acceptors (Lipinski definition) is 8. The number of hydrogen-bond donors (Lipinski definition) is 1. The van der Waals surface area contributed by atoms with Crippen molar-refractivity contribution in [2.24, 2.45) is 0 Å². The van der Waals surface area contributed by atoms with Crippen LogP contribution in [-0.2, 0) is 17.8 Å². The summed E-state index contributed by atoms with van der Waals surface area (Å²) in [5.41, 5.74) is 3.47. The lowest BCUT2D eigenvalue weighted by Gasteiger charge is -2.34. The van der Waals surface area contributed by atoms with Crippen molar-refractivity contribution in [3.05, 3.63) is 17.5 Å². The van der Waals surface area contributed by atoms with Crippen molar-refractivity contribution in [3.63, 3.8) is 0 Å². The molecular formula is C23H32N6OS. The highest BCUT2D eigenvalue weighted by Gasteiger charge is 2.33. The molecule has 0 amide bonds. The van der Waals surface area contributed by atoms with Crippen LogP contribution in [0.2, 0.25) is 0 Å². The highest BCUT2D eigenvalue weighted by molar-refractivity contribution is 7.26. The Morgan fingerprint density at radius 2 is 2.00 bits per heavy atom. The molecule has 0 aromatic carbocycles.